The summed E-state index contributed by atoms with van der Waals surface area (Å²) in [6.07, 6.45) is 23.1. The van der Waals surface area contributed by atoms with Gasteiger partial charge in [0.05, 0.1) is 58.6 Å². The highest BCUT2D eigenvalue weighted by Gasteiger charge is 2.50. The van der Waals surface area contributed by atoms with Gasteiger partial charge in [-0.3, -0.25) is 77.6 Å². The Morgan fingerprint density at radius 2 is 0.617 bits per heavy atom. The quantitative estimate of drug-likeness (QED) is 0.0107. The number of hydrogen-bond acceptors (Lipinski definition) is 19. The van der Waals surface area contributed by atoms with Gasteiger partial charge in [0.2, 0.25) is 29.5 Å². The molecule has 0 unspecified atom stereocenters. The predicted octanol–water partition coefficient (Wildman–Crippen LogP) is 13.3. The van der Waals surface area contributed by atoms with Crippen molar-refractivity contribution in [3.05, 3.63) is 193 Å². The molecule has 0 saturated carbocycles. The minimum Gasteiger partial charge on any atom is -0.361 e. The highest BCUT2D eigenvalue weighted by Crippen LogP contribution is 2.50. The van der Waals surface area contributed by atoms with E-state index in [0.29, 0.717) is 141 Å². The molecule has 9 N–H and O–H groups in total. The van der Waals surface area contributed by atoms with E-state index in [1.54, 1.807) is 0 Å². The first kappa shape index (κ1) is 99.6. The molecule has 4 fully saturated rings. The van der Waals surface area contributed by atoms with Gasteiger partial charge in [-0.05, 0) is 175 Å². The van der Waals surface area contributed by atoms with Gasteiger partial charge in [0.25, 0.3) is 0 Å². The third-order valence-corrected chi connectivity index (χ3v) is 30.2. The van der Waals surface area contributed by atoms with Gasteiger partial charge in [-0.1, -0.05) is 72.8 Å². The molecule has 4 saturated heterocycles. The predicted molar refractivity (Wildman–Crippen MR) is 529 cm³/mol. The molecule has 4 aromatic carbocycles. The Morgan fingerprint density at radius 1 is 0.368 bits per heavy atom. The zero-order valence-corrected chi connectivity index (χ0v) is 80.5. The van der Waals surface area contributed by atoms with Crippen LogP contribution in [0.15, 0.2) is 148 Å². The molecule has 8 heterocycles. The van der Waals surface area contributed by atoms with E-state index in [9.17, 15) is 57.5 Å². The van der Waals surface area contributed by atoms with Gasteiger partial charge in [0, 0.05) is 215 Å². The summed E-state index contributed by atoms with van der Waals surface area (Å²) in [5.41, 5.74) is 15.0. The lowest BCUT2D eigenvalue weighted by atomic mass is 9.72. The van der Waals surface area contributed by atoms with Gasteiger partial charge in [-0.2, -0.15) is 0 Å². The number of thioether (sulfide) groups is 3. The van der Waals surface area contributed by atoms with Crippen molar-refractivity contribution < 1.29 is 57.5 Å². The fourth-order valence-corrected chi connectivity index (χ4v) is 24.0. The average molecular weight is 1870 g/mol. The number of amides is 13. The molecule has 133 heavy (non-hydrogen) atoms. The van der Waals surface area contributed by atoms with E-state index < -0.39 is 18.1 Å². The Kier molecular flexibility index (Phi) is 34.7. The van der Waals surface area contributed by atoms with Crippen LogP contribution in [-0.2, 0) is 64.0 Å². The second-order valence-electron chi connectivity index (χ2n) is 36.1. The van der Waals surface area contributed by atoms with Crippen LogP contribution in [0.1, 0.15) is 156 Å². The Bertz CT molecular complexity index is 5220. The van der Waals surface area contributed by atoms with Crippen LogP contribution in [-0.4, -0.2) is 281 Å². The van der Waals surface area contributed by atoms with Crippen molar-refractivity contribution in [2.75, 3.05) is 127 Å². The average Bonchev–Trinajstić information content (AvgIpc) is 1.66. The molecule has 710 valence electrons. The summed E-state index contributed by atoms with van der Waals surface area (Å²) < 4.78 is 0. The van der Waals surface area contributed by atoms with Crippen LogP contribution in [0.5, 0.6) is 0 Å². The minimum atomic E-state index is -0.394. The monoisotopic (exact) mass is 1870 g/mol. The number of nitrogens with one attached hydrogen (secondary N) is 9. The number of piperidine rings is 4. The topological polar surface area (TPSA) is 354 Å². The number of rotatable bonds is 32. The van der Waals surface area contributed by atoms with E-state index in [2.05, 4.69) is 190 Å². The number of benzene rings is 4. The number of hydrogen-bond donors (Lipinski definition) is 9. The molecule has 0 radical (unpaired) electrons. The fraction of sp³-hybridized carbons (Fsp3) is 0.485. The molecule has 4 aliphatic carbocycles. The summed E-state index contributed by atoms with van der Waals surface area (Å²) in [4.78, 5) is 179. The number of Topliss-reactive ketones (excluding diaryl/α,β-unsaturated/α-hetero) is 3. The number of H-pyrrole nitrogens is 4. The lowest BCUT2D eigenvalue weighted by Crippen LogP contribution is -2.55. The fourth-order valence-electron chi connectivity index (χ4n) is 21.6. The standard InChI is InChI=1S/C26H35N5O3.3C25H32N4O3S/c1-4-11-30-16-19(25(33)31(26(34)27-5-2)12-7-10-28-17(3)32)13-21-20-8-6-9-22-24(20)18(15-29-22)14-23(21)30;3*1-4-9-28-13-18(24(31)29(25(32)26-5-2)15-33-14-16(3)30)10-20-19-7-6-8-21-23(19)17(12-27-21)11-22(20)28/h4,6,8-9,15,19,21,23,29H,1,5,7,10-14,16H2,2-3H3,(H,27,34)(H,28,32);3*4,6-8,12,18,20,22,27H,1,5,9-11,13-15H2,2-3H3,(H,26,32)/t19-,21-,23-;3*18-,20-,22-/m1111/s1. The first-order valence-electron chi connectivity index (χ1n) is 46.8. The zero-order chi connectivity index (χ0) is 94.8. The molecule has 12 atom stereocenters. The molecule has 0 spiro atoms. The van der Waals surface area contributed by atoms with E-state index >= 15 is 0 Å². The summed E-state index contributed by atoms with van der Waals surface area (Å²) >= 11 is 3.89. The molecular weight excluding hydrogens is 1740 g/mol. The van der Waals surface area contributed by atoms with Crippen LogP contribution >= 0.6 is 35.3 Å². The van der Waals surface area contributed by atoms with Crippen molar-refractivity contribution >= 4 is 150 Å². The number of aromatic amines is 4. The Hall–Kier alpha value is -10.9. The van der Waals surface area contributed by atoms with E-state index in [-0.39, 0.29) is 142 Å². The largest absolute Gasteiger partial charge is 0.361 e. The van der Waals surface area contributed by atoms with Gasteiger partial charge in [-0.25, -0.2) is 19.2 Å². The van der Waals surface area contributed by atoms with Crippen molar-refractivity contribution in [3.63, 3.8) is 0 Å². The molecule has 8 aliphatic rings. The van der Waals surface area contributed by atoms with Gasteiger partial charge in [0.15, 0.2) is 0 Å². The number of carbonyl (C=O) groups excluding carboxylic acids is 12. The molecule has 32 heteroatoms. The van der Waals surface area contributed by atoms with Crippen molar-refractivity contribution in [2.45, 2.75) is 161 Å². The molecule has 29 nitrogen and oxygen atoms in total. The summed E-state index contributed by atoms with van der Waals surface area (Å²) in [6.45, 7) is 36.7. The van der Waals surface area contributed by atoms with E-state index in [1.165, 1.54) is 149 Å². The molecule has 4 aliphatic heterocycles. The lowest BCUT2D eigenvalue weighted by molar-refractivity contribution is -0.136. The first-order chi connectivity index (χ1) is 64.3. The maximum atomic E-state index is 13.7. The summed E-state index contributed by atoms with van der Waals surface area (Å²) in [5.74, 6) is 0.298. The third kappa shape index (κ3) is 22.9. The van der Waals surface area contributed by atoms with Crippen molar-refractivity contribution in [3.8, 4) is 0 Å². The summed E-state index contributed by atoms with van der Waals surface area (Å²) in [5, 5.41) is 18.9. The third-order valence-electron chi connectivity index (χ3n) is 27.0. The number of fused-ring (bicyclic) bond motifs is 8. The number of ketones is 3. The maximum Gasteiger partial charge on any atom is 0.324 e. The second kappa shape index (κ2) is 46.4. The molecule has 0 bridgehead atoms. The van der Waals surface area contributed by atoms with Crippen LogP contribution in [0.3, 0.4) is 0 Å². The number of likely N-dealkylation sites (tertiary alicyclic amines) is 4. The van der Waals surface area contributed by atoms with Crippen LogP contribution < -0.4 is 26.6 Å². The highest BCUT2D eigenvalue weighted by molar-refractivity contribution is 8.00. The molecule has 4 aromatic heterocycles. The van der Waals surface area contributed by atoms with Crippen molar-refractivity contribution in [1.29, 1.82) is 0 Å². The lowest BCUT2D eigenvalue weighted by Gasteiger charge is -2.47. The Balaban J connectivity index is 0.000000151. The van der Waals surface area contributed by atoms with Gasteiger partial charge >= 0.3 is 24.1 Å². The van der Waals surface area contributed by atoms with Crippen LogP contribution in [0.2, 0.25) is 0 Å². The molecule has 13 amide bonds. The minimum absolute atomic E-state index is 0.0265. The smallest absolute Gasteiger partial charge is 0.324 e. The Morgan fingerprint density at radius 3 is 0.850 bits per heavy atom. The van der Waals surface area contributed by atoms with Crippen LogP contribution in [0.4, 0.5) is 19.2 Å². The van der Waals surface area contributed by atoms with E-state index in [0.717, 1.165) is 47.8 Å². The van der Waals surface area contributed by atoms with Crippen LogP contribution in [0.25, 0.3) is 43.6 Å². The van der Waals surface area contributed by atoms with E-state index in [4.69, 9.17) is 0 Å². The van der Waals surface area contributed by atoms with Crippen LogP contribution in [0, 0.1) is 23.7 Å². The number of imide groups is 4. The molecule has 16 rings (SSSR count). The molecular formula is C101H131N17O12S3. The highest BCUT2D eigenvalue weighted by atomic mass is 32.2. The van der Waals surface area contributed by atoms with Gasteiger partial charge in [-0.15, -0.1) is 61.6 Å². The number of carbonyl (C=O) groups is 12. The second-order valence-corrected chi connectivity index (χ2v) is 38.9. The first-order valence-corrected chi connectivity index (χ1v) is 50.3. The normalized spacial score (nSPS) is 21.8. The SMILES string of the molecule is C=CCN1C[C@H](C(=O)N(CCCNC(C)=O)C(=O)NCC)C[C@@H]2c3cccc4[nH]cc(c34)C[C@H]21.C=CCN1C[C@H](C(=O)N(CSCC(C)=O)C(=O)NCC)C[C@@H]2c3cccc4[nH]cc(c34)C[C@H]21.C=CCN1C[C@H](C(=O)N(CSCC(C)=O)C(=O)NCC)C[C@@H]2c3cccc4[nH]cc(c34)C[C@H]21.C=CCN1C[C@H](C(=O)N(CSCC(C)=O)C(=O)NCC)C[C@@H]2c3cccc4[nH]cc(c34)C[C@H]21. The van der Waals surface area contributed by atoms with Gasteiger partial charge in [0.1, 0.15) is 17.3 Å². The number of aromatic nitrogens is 4. The summed E-state index contributed by atoms with van der Waals surface area (Å²) in [7, 11) is 0. The summed E-state index contributed by atoms with van der Waals surface area (Å²) in [6, 6.07) is 25.0. The Labute approximate surface area is 792 Å². The maximum absolute atomic E-state index is 13.7. The van der Waals surface area contributed by atoms with Gasteiger partial charge < -0.3 is 46.5 Å². The van der Waals surface area contributed by atoms with E-state index in [1.807, 2.05) is 52.0 Å². The number of nitrogens with zero attached hydrogens (tertiary/aromatic N) is 8. The van der Waals surface area contributed by atoms with Crippen molar-refractivity contribution in [2.24, 2.45) is 23.7 Å². The number of urea groups is 4. The molecule has 8 aromatic rings. The van der Waals surface area contributed by atoms with Crippen molar-refractivity contribution in [1.82, 2.24) is 85.7 Å². The zero-order valence-electron chi connectivity index (χ0n) is 78.0.